The Morgan fingerprint density at radius 3 is 1.84 bits per heavy atom. The molecule has 1 nitrogen and oxygen atoms in total. The summed E-state index contributed by atoms with van der Waals surface area (Å²) in [7, 11) is 0. The van der Waals surface area contributed by atoms with Gasteiger partial charge in [0.05, 0.1) is 0 Å². The molecule has 0 aliphatic carbocycles. The number of benzene rings is 2. The summed E-state index contributed by atoms with van der Waals surface area (Å²) in [6.45, 7) is 19.7. The Labute approximate surface area is 154 Å². The van der Waals surface area contributed by atoms with E-state index in [2.05, 4.69) is 92.6 Å². The SMILES string of the molecule is Cc1cc(C(C)c2cc(C)cc(C(C)(C)C)c2O)cc(C(C)(C)C)c1. The third kappa shape index (κ3) is 4.26. The fourth-order valence-corrected chi connectivity index (χ4v) is 3.38. The van der Waals surface area contributed by atoms with Crippen LogP contribution in [-0.4, -0.2) is 5.11 Å². The van der Waals surface area contributed by atoms with E-state index in [-0.39, 0.29) is 16.7 Å². The van der Waals surface area contributed by atoms with Crippen molar-refractivity contribution in [2.75, 3.05) is 0 Å². The van der Waals surface area contributed by atoms with Crippen molar-refractivity contribution in [1.82, 2.24) is 0 Å². The van der Waals surface area contributed by atoms with Gasteiger partial charge in [0.2, 0.25) is 0 Å². The van der Waals surface area contributed by atoms with Gasteiger partial charge in [0.25, 0.3) is 0 Å². The van der Waals surface area contributed by atoms with Gasteiger partial charge in [-0.25, -0.2) is 0 Å². The summed E-state index contributed by atoms with van der Waals surface area (Å²) in [4.78, 5) is 0. The van der Waals surface area contributed by atoms with Gasteiger partial charge >= 0.3 is 0 Å². The summed E-state index contributed by atoms with van der Waals surface area (Å²) < 4.78 is 0. The number of rotatable bonds is 2. The highest BCUT2D eigenvalue weighted by atomic mass is 16.3. The molecular formula is C24H34O. The van der Waals surface area contributed by atoms with Crippen LogP contribution < -0.4 is 0 Å². The van der Waals surface area contributed by atoms with Gasteiger partial charge in [0.1, 0.15) is 5.75 Å². The second-order valence-electron chi connectivity index (χ2n) is 9.60. The van der Waals surface area contributed by atoms with Crippen LogP contribution >= 0.6 is 0 Å². The molecule has 0 amide bonds. The van der Waals surface area contributed by atoms with Crippen molar-refractivity contribution in [1.29, 1.82) is 0 Å². The van der Waals surface area contributed by atoms with Crippen molar-refractivity contribution in [2.45, 2.75) is 79.1 Å². The summed E-state index contributed by atoms with van der Waals surface area (Å²) in [6, 6.07) is 11.1. The molecule has 0 heterocycles. The standard InChI is InChI=1S/C24H34O/c1-15-10-18(14-19(11-15)23(4,5)6)17(3)20-12-16(2)13-21(22(20)25)24(7,8)9/h10-14,17,25H,1-9H3. The number of aryl methyl sites for hydroxylation is 2. The topological polar surface area (TPSA) is 20.2 Å². The van der Waals surface area contributed by atoms with E-state index >= 15 is 0 Å². The van der Waals surface area contributed by atoms with E-state index < -0.39 is 0 Å². The number of aromatic hydroxyl groups is 1. The molecule has 2 aromatic carbocycles. The molecule has 136 valence electrons. The van der Waals surface area contributed by atoms with Gasteiger partial charge < -0.3 is 5.11 Å². The molecule has 1 atom stereocenters. The number of hydrogen-bond acceptors (Lipinski definition) is 1. The highest BCUT2D eigenvalue weighted by molar-refractivity contribution is 5.51. The quantitative estimate of drug-likeness (QED) is 0.641. The van der Waals surface area contributed by atoms with E-state index in [1.54, 1.807) is 0 Å². The first kappa shape index (κ1) is 19.6. The van der Waals surface area contributed by atoms with Crippen molar-refractivity contribution in [2.24, 2.45) is 0 Å². The average Bonchev–Trinajstić information content (AvgIpc) is 2.46. The van der Waals surface area contributed by atoms with Gasteiger partial charge in [-0.1, -0.05) is 89.9 Å². The zero-order valence-corrected chi connectivity index (χ0v) is 17.4. The molecule has 0 spiro atoms. The molecule has 1 N–H and O–H groups in total. The Kier molecular flexibility index (Phi) is 5.10. The van der Waals surface area contributed by atoms with Crippen molar-refractivity contribution in [3.63, 3.8) is 0 Å². The lowest BCUT2D eigenvalue weighted by atomic mass is 9.79. The minimum Gasteiger partial charge on any atom is -0.507 e. The molecule has 1 heteroatoms. The minimum atomic E-state index is -0.0756. The normalized spacial score (nSPS) is 13.8. The van der Waals surface area contributed by atoms with Gasteiger partial charge in [-0.2, -0.15) is 0 Å². The number of hydrogen-bond donors (Lipinski definition) is 1. The first-order chi connectivity index (χ1) is 11.3. The Morgan fingerprint density at radius 1 is 0.760 bits per heavy atom. The zero-order chi connectivity index (χ0) is 19.2. The van der Waals surface area contributed by atoms with E-state index in [1.165, 1.54) is 22.3 Å². The van der Waals surface area contributed by atoms with E-state index in [1.807, 2.05) is 0 Å². The van der Waals surface area contributed by atoms with Crippen LogP contribution in [0.25, 0.3) is 0 Å². The van der Waals surface area contributed by atoms with Crippen LogP contribution in [0.1, 0.15) is 87.8 Å². The lowest BCUT2D eigenvalue weighted by Crippen LogP contribution is -2.14. The van der Waals surface area contributed by atoms with Crippen LogP contribution in [0, 0.1) is 13.8 Å². The van der Waals surface area contributed by atoms with Gasteiger partial charge in [-0.3, -0.25) is 0 Å². The summed E-state index contributed by atoms with van der Waals surface area (Å²) in [5.41, 5.74) is 7.18. The Balaban J connectivity index is 2.61. The largest absolute Gasteiger partial charge is 0.507 e. The molecule has 25 heavy (non-hydrogen) atoms. The zero-order valence-electron chi connectivity index (χ0n) is 17.4. The second-order valence-corrected chi connectivity index (χ2v) is 9.60. The van der Waals surface area contributed by atoms with Crippen LogP contribution in [0.4, 0.5) is 0 Å². The van der Waals surface area contributed by atoms with E-state index in [0.29, 0.717) is 5.75 Å². The third-order valence-electron chi connectivity index (χ3n) is 5.02. The van der Waals surface area contributed by atoms with Gasteiger partial charge in [0.15, 0.2) is 0 Å². The molecule has 2 aromatic rings. The molecule has 0 bridgehead atoms. The highest BCUT2D eigenvalue weighted by Gasteiger charge is 2.24. The first-order valence-electron chi connectivity index (χ1n) is 9.27. The van der Waals surface area contributed by atoms with Gasteiger partial charge in [-0.15, -0.1) is 0 Å². The average molecular weight is 339 g/mol. The number of phenols is 1. The monoisotopic (exact) mass is 338 g/mol. The van der Waals surface area contributed by atoms with Crippen molar-refractivity contribution < 1.29 is 5.11 Å². The van der Waals surface area contributed by atoms with Crippen LogP contribution in [0.5, 0.6) is 5.75 Å². The van der Waals surface area contributed by atoms with Crippen molar-refractivity contribution >= 4 is 0 Å². The Morgan fingerprint density at radius 2 is 1.32 bits per heavy atom. The number of phenolic OH excluding ortho intramolecular Hbond substituents is 1. The summed E-state index contributed by atoms with van der Waals surface area (Å²) in [5, 5.41) is 11.0. The molecule has 0 aliphatic heterocycles. The fraction of sp³-hybridized carbons (Fsp3) is 0.500. The summed E-state index contributed by atoms with van der Waals surface area (Å²) in [5.74, 6) is 0.603. The smallest absolute Gasteiger partial charge is 0.123 e. The molecule has 0 radical (unpaired) electrons. The Bertz CT molecular complexity index is 770. The maximum absolute atomic E-state index is 11.0. The predicted molar refractivity (Wildman–Crippen MR) is 109 cm³/mol. The van der Waals surface area contributed by atoms with Gasteiger partial charge in [-0.05, 0) is 41.4 Å². The van der Waals surface area contributed by atoms with E-state index in [9.17, 15) is 5.11 Å². The van der Waals surface area contributed by atoms with Crippen LogP contribution in [0.15, 0.2) is 30.3 Å². The van der Waals surface area contributed by atoms with Crippen molar-refractivity contribution in [3.05, 3.63) is 63.7 Å². The molecule has 0 saturated carbocycles. The summed E-state index contributed by atoms with van der Waals surface area (Å²) in [6.07, 6.45) is 0. The molecular weight excluding hydrogens is 304 g/mol. The van der Waals surface area contributed by atoms with E-state index in [4.69, 9.17) is 0 Å². The Hall–Kier alpha value is -1.76. The molecule has 2 rings (SSSR count). The first-order valence-corrected chi connectivity index (χ1v) is 9.27. The van der Waals surface area contributed by atoms with E-state index in [0.717, 1.165) is 11.1 Å². The third-order valence-corrected chi connectivity index (χ3v) is 5.02. The molecule has 0 aliphatic rings. The molecule has 0 saturated heterocycles. The van der Waals surface area contributed by atoms with Gasteiger partial charge in [0, 0.05) is 11.5 Å². The highest BCUT2D eigenvalue weighted by Crippen LogP contribution is 2.40. The molecule has 0 fully saturated rings. The minimum absolute atomic E-state index is 0.0756. The van der Waals surface area contributed by atoms with Crippen LogP contribution in [0.3, 0.4) is 0 Å². The van der Waals surface area contributed by atoms with Crippen LogP contribution in [0.2, 0.25) is 0 Å². The van der Waals surface area contributed by atoms with Crippen LogP contribution in [-0.2, 0) is 10.8 Å². The lowest BCUT2D eigenvalue weighted by molar-refractivity contribution is 0.438. The second kappa shape index (κ2) is 6.52. The molecule has 0 aromatic heterocycles. The maximum atomic E-state index is 11.0. The fourth-order valence-electron chi connectivity index (χ4n) is 3.38. The van der Waals surface area contributed by atoms with Crippen molar-refractivity contribution in [3.8, 4) is 5.75 Å². The lowest BCUT2D eigenvalue weighted by Gasteiger charge is -2.26. The predicted octanol–water partition coefficient (Wildman–Crippen LogP) is 6.76. The maximum Gasteiger partial charge on any atom is 0.123 e. The summed E-state index contributed by atoms with van der Waals surface area (Å²) >= 11 is 0. The molecule has 1 unspecified atom stereocenters.